The summed E-state index contributed by atoms with van der Waals surface area (Å²) in [6.45, 7) is 3.90. The third-order valence-corrected chi connectivity index (χ3v) is 2.98. The van der Waals surface area contributed by atoms with Gasteiger partial charge in [-0.25, -0.2) is 0 Å². The molecule has 2 rings (SSSR count). The molecule has 0 aliphatic rings. The molecular formula is C15H16O. The van der Waals surface area contributed by atoms with E-state index in [1.165, 1.54) is 11.1 Å². The van der Waals surface area contributed by atoms with Crippen molar-refractivity contribution in [1.29, 1.82) is 0 Å². The van der Waals surface area contributed by atoms with Crippen molar-refractivity contribution in [2.45, 2.75) is 20.3 Å². The Labute approximate surface area is 96.4 Å². The van der Waals surface area contributed by atoms with Gasteiger partial charge in [-0.05, 0) is 42.5 Å². The Bertz CT molecular complexity index is 486. The number of hydrogen-bond donors (Lipinski definition) is 1. The molecule has 0 aliphatic carbocycles. The molecule has 0 bridgehead atoms. The van der Waals surface area contributed by atoms with E-state index in [1.54, 1.807) is 0 Å². The monoisotopic (exact) mass is 212 g/mol. The molecule has 1 heteroatoms. The summed E-state index contributed by atoms with van der Waals surface area (Å²) < 4.78 is 0. The number of phenols is 1. The fourth-order valence-corrected chi connectivity index (χ4v) is 1.88. The Kier molecular flexibility index (Phi) is 2.95. The van der Waals surface area contributed by atoms with Crippen LogP contribution in [0.25, 0.3) is 0 Å². The lowest BCUT2D eigenvalue weighted by molar-refractivity contribution is 0.466. The molecule has 16 heavy (non-hydrogen) atoms. The van der Waals surface area contributed by atoms with E-state index in [0.29, 0.717) is 5.75 Å². The zero-order chi connectivity index (χ0) is 11.5. The van der Waals surface area contributed by atoms with Gasteiger partial charge >= 0.3 is 0 Å². The third kappa shape index (κ3) is 2.08. The molecule has 1 N–H and O–H groups in total. The van der Waals surface area contributed by atoms with E-state index >= 15 is 0 Å². The molecule has 82 valence electrons. The average molecular weight is 212 g/mol. The molecule has 0 radical (unpaired) electrons. The van der Waals surface area contributed by atoms with Crippen LogP contribution in [0.15, 0.2) is 42.5 Å². The first kappa shape index (κ1) is 10.7. The molecule has 0 spiro atoms. The summed E-state index contributed by atoms with van der Waals surface area (Å²) in [7, 11) is 0. The molecule has 2 aromatic rings. The summed E-state index contributed by atoms with van der Waals surface area (Å²) in [5, 5.41) is 9.87. The predicted molar refractivity (Wildman–Crippen MR) is 66.8 cm³/mol. The summed E-state index contributed by atoms with van der Waals surface area (Å²) >= 11 is 0. The maximum atomic E-state index is 9.87. The van der Waals surface area contributed by atoms with Crippen LogP contribution >= 0.6 is 0 Å². The maximum Gasteiger partial charge on any atom is 0.121 e. The van der Waals surface area contributed by atoms with Crippen LogP contribution in [0.3, 0.4) is 0 Å². The van der Waals surface area contributed by atoms with Gasteiger partial charge in [0.2, 0.25) is 0 Å². The van der Waals surface area contributed by atoms with Crippen LogP contribution in [-0.4, -0.2) is 5.11 Å². The summed E-state index contributed by atoms with van der Waals surface area (Å²) in [4.78, 5) is 0. The van der Waals surface area contributed by atoms with E-state index in [1.807, 2.05) is 38.1 Å². The minimum atomic E-state index is 0.424. The van der Waals surface area contributed by atoms with Crippen molar-refractivity contribution in [2.24, 2.45) is 0 Å². The third-order valence-electron chi connectivity index (χ3n) is 2.98. The molecule has 0 unspecified atom stereocenters. The number of aromatic hydroxyl groups is 1. The Morgan fingerprint density at radius 1 is 0.938 bits per heavy atom. The molecule has 0 aromatic heterocycles. The van der Waals surface area contributed by atoms with Gasteiger partial charge in [0.05, 0.1) is 0 Å². The predicted octanol–water partition coefficient (Wildman–Crippen LogP) is 3.60. The van der Waals surface area contributed by atoms with Gasteiger partial charge in [-0.2, -0.15) is 0 Å². The Hall–Kier alpha value is -1.76. The second-order valence-corrected chi connectivity index (χ2v) is 4.18. The van der Waals surface area contributed by atoms with Crippen molar-refractivity contribution >= 4 is 0 Å². The fourth-order valence-electron chi connectivity index (χ4n) is 1.88. The first-order chi connectivity index (χ1) is 7.68. The number of aryl methyl sites for hydroxylation is 1. The van der Waals surface area contributed by atoms with Crippen molar-refractivity contribution in [2.75, 3.05) is 0 Å². The van der Waals surface area contributed by atoms with Crippen LogP contribution in [0, 0.1) is 13.8 Å². The Morgan fingerprint density at radius 3 is 2.31 bits per heavy atom. The first-order valence-corrected chi connectivity index (χ1v) is 5.50. The normalized spacial score (nSPS) is 10.4. The van der Waals surface area contributed by atoms with Gasteiger partial charge < -0.3 is 5.11 Å². The zero-order valence-corrected chi connectivity index (χ0v) is 9.70. The van der Waals surface area contributed by atoms with Gasteiger partial charge in [-0.1, -0.05) is 42.5 Å². The number of phenolic OH excluding ortho intramolecular Hbond substituents is 1. The Morgan fingerprint density at radius 2 is 1.62 bits per heavy atom. The van der Waals surface area contributed by atoms with E-state index in [0.717, 1.165) is 17.5 Å². The van der Waals surface area contributed by atoms with Gasteiger partial charge in [0, 0.05) is 0 Å². The average Bonchev–Trinajstić information content (AvgIpc) is 2.31. The van der Waals surface area contributed by atoms with Gasteiger partial charge in [0.15, 0.2) is 0 Å². The maximum absolute atomic E-state index is 9.87. The van der Waals surface area contributed by atoms with Crippen molar-refractivity contribution in [3.63, 3.8) is 0 Å². The smallest absolute Gasteiger partial charge is 0.121 e. The lowest BCUT2D eigenvalue weighted by Crippen LogP contribution is -1.93. The highest BCUT2D eigenvalue weighted by molar-refractivity contribution is 5.45. The number of rotatable bonds is 2. The van der Waals surface area contributed by atoms with Gasteiger partial charge in [0.1, 0.15) is 5.75 Å². The molecule has 0 saturated heterocycles. The topological polar surface area (TPSA) is 20.2 Å². The van der Waals surface area contributed by atoms with Gasteiger partial charge in [0.25, 0.3) is 0 Å². The quantitative estimate of drug-likeness (QED) is 0.806. The fraction of sp³-hybridized carbons (Fsp3) is 0.200. The molecule has 0 heterocycles. The van der Waals surface area contributed by atoms with E-state index in [2.05, 4.69) is 18.2 Å². The number of hydrogen-bond acceptors (Lipinski definition) is 1. The standard InChI is InChI=1S/C15H16O/c1-11-8-9-14(12(2)15(11)16)10-13-6-4-3-5-7-13/h3-9,16H,10H2,1-2H3. The van der Waals surface area contributed by atoms with Crippen molar-refractivity contribution in [1.82, 2.24) is 0 Å². The number of benzene rings is 2. The summed E-state index contributed by atoms with van der Waals surface area (Å²) in [5.41, 5.74) is 4.39. The van der Waals surface area contributed by atoms with Crippen LogP contribution in [0.2, 0.25) is 0 Å². The molecule has 0 aliphatic heterocycles. The first-order valence-electron chi connectivity index (χ1n) is 5.50. The van der Waals surface area contributed by atoms with Crippen molar-refractivity contribution in [3.8, 4) is 5.75 Å². The summed E-state index contributed by atoms with van der Waals surface area (Å²) in [5.74, 6) is 0.424. The van der Waals surface area contributed by atoms with E-state index in [9.17, 15) is 5.11 Å². The second-order valence-electron chi connectivity index (χ2n) is 4.18. The highest BCUT2D eigenvalue weighted by Gasteiger charge is 2.06. The van der Waals surface area contributed by atoms with Gasteiger partial charge in [-0.15, -0.1) is 0 Å². The molecular weight excluding hydrogens is 196 g/mol. The lowest BCUT2D eigenvalue weighted by Gasteiger charge is -2.09. The van der Waals surface area contributed by atoms with Crippen molar-refractivity contribution in [3.05, 3.63) is 64.7 Å². The minimum absolute atomic E-state index is 0.424. The summed E-state index contributed by atoms with van der Waals surface area (Å²) in [6.07, 6.45) is 0.876. The van der Waals surface area contributed by atoms with Crippen LogP contribution in [0.5, 0.6) is 5.75 Å². The highest BCUT2D eigenvalue weighted by atomic mass is 16.3. The van der Waals surface area contributed by atoms with Crippen LogP contribution in [0.1, 0.15) is 22.3 Å². The van der Waals surface area contributed by atoms with Crippen LogP contribution in [0.4, 0.5) is 0 Å². The van der Waals surface area contributed by atoms with Crippen molar-refractivity contribution < 1.29 is 5.11 Å². The molecule has 0 saturated carbocycles. The lowest BCUT2D eigenvalue weighted by atomic mass is 9.98. The Balaban J connectivity index is 2.33. The minimum Gasteiger partial charge on any atom is -0.507 e. The SMILES string of the molecule is Cc1ccc(Cc2ccccc2)c(C)c1O. The van der Waals surface area contributed by atoms with Gasteiger partial charge in [-0.3, -0.25) is 0 Å². The van der Waals surface area contributed by atoms with E-state index < -0.39 is 0 Å². The second kappa shape index (κ2) is 4.40. The molecule has 0 amide bonds. The molecule has 2 aromatic carbocycles. The summed E-state index contributed by atoms with van der Waals surface area (Å²) in [6, 6.07) is 14.4. The van der Waals surface area contributed by atoms with Crippen LogP contribution in [-0.2, 0) is 6.42 Å². The van der Waals surface area contributed by atoms with Crippen LogP contribution < -0.4 is 0 Å². The highest BCUT2D eigenvalue weighted by Crippen LogP contribution is 2.25. The zero-order valence-electron chi connectivity index (χ0n) is 9.70. The molecule has 0 atom stereocenters. The molecule has 1 nitrogen and oxygen atoms in total. The largest absolute Gasteiger partial charge is 0.507 e. The molecule has 0 fully saturated rings. The van der Waals surface area contributed by atoms with E-state index in [-0.39, 0.29) is 0 Å². The van der Waals surface area contributed by atoms with E-state index in [4.69, 9.17) is 0 Å².